The predicted octanol–water partition coefficient (Wildman–Crippen LogP) is 1.08. The Hall–Kier alpha value is -2.04. The lowest BCUT2D eigenvalue weighted by molar-refractivity contribution is -0.121. The molecular formula is C13H16N2O3. The van der Waals surface area contributed by atoms with Crippen molar-refractivity contribution in [2.75, 3.05) is 11.9 Å². The summed E-state index contributed by atoms with van der Waals surface area (Å²) >= 11 is 0. The van der Waals surface area contributed by atoms with Crippen LogP contribution in [0.1, 0.15) is 19.4 Å². The molecule has 2 N–H and O–H groups in total. The molecule has 0 spiro atoms. The number of ether oxygens (including phenoxy) is 1. The molecular weight excluding hydrogens is 232 g/mol. The highest BCUT2D eigenvalue weighted by molar-refractivity contribution is 5.95. The molecule has 2 rings (SSSR count). The van der Waals surface area contributed by atoms with Crippen molar-refractivity contribution in [1.82, 2.24) is 5.32 Å². The summed E-state index contributed by atoms with van der Waals surface area (Å²) in [5, 5.41) is 5.54. The second-order valence-electron chi connectivity index (χ2n) is 4.57. The van der Waals surface area contributed by atoms with Gasteiger partial charge in [-0.05, 0) is 31.5 Å². The van der Waals surface area contributed by atoms with E-state index < -0.39 is 0 Å². The average molecular weight is 248 g/mol. The van der Waals surface area contributed by atoms with Crippen LogP contribution in [0.25, 0.3) is 0 Å². The number of nitrogens with one attached hydrogen (secondary N) is 2. The van der Waals surface area contributed by atoms with E-state index >= 15 is 0 Å². The Morgan fingerprint density at radius 3 is 3.00 bits per heavy atom. The van der Waals surface area contributed by atoms with Crippen LogP contribution in [0, 0.1) is 0 Å². The number of hydrogen-bond donors (Lipinski definition) is 2. The minimum atomic E-state index is -0.175. The maximum atomic E-state index is 11.6. The van der Waals surface area contributed by atoms with Gasteiger partial charge in [0.25, 0.3) is 5.91 Å². The zero-order valence-corrected chi connectivity index (χ0v) is 10.4. The third-order valence-electron chi connectivity index (χ3n) is 2.49. The Morgan fingerprint density at radius 2 is 2.28 bits per heavy atom. The highest BCUT2D eigenvalue weighted by Crippen LogP contribution is 2.28. The largest absolute Gasteiger partial charge is 0.482 e. The van der Waals surface area contributed by atoms with Gasteiger partial charge in [-0.1, -0.05) is 6.07 Å². The fraction of sp³-hybridized carbons (Fsp3) is 0.385. The Bertz CT molecular complexity index is 483. The number of fused-ring (bicyclic) bond motifs is 1. The van der Waals surface area contributed by atoms with Crippen molar-refractivity contribution in [2.45, 2.75) is 26.3 Å². The van der Waals surface area contributed by atoms with Gasteiger partial charge >= 0.3 is 0 Å². The first-order chi connectivity index (χ1) is 8.54. The van der Waals surface area contributed by atoms with Gasteiger partial charge in [0.05, 0.1) is 12.1 Å². The lowest BCUT2D eigenvalue weighted by Gasteiger charge is -2.18. The van der Waals surface area contributed by atoms with Gasteiger partial charge in [-0.15, -0.1) is 0 Å². The SMILES string of the molecule is CC(C)NC(=O)Cc1ccc2c(c1)NC(=O)CO2. The lowest BCUT2D eigenvalue weighted by Crippen LogP contribution is -2.31. The number of rotatable bonds is 3. The van der Waals surface area contributed by atoms with Crippen LogP contribution < -0.4 is 15.4 Å². The Balaban J connectivity index is 2.09. The van der Waals surface area contributed by atoms with Crippen molar-refractivity contribution in [2.24, 2.45) is 0 Å². The first-order valence-corrected chi connectivity index (χ1v) is 5.89. The molecule has 0 atom stereocenters. The van der Waals surface area contributed by atoms with Crippen molar-refractivity contribution in [1.29, 1.82) is 0 Å². The molecule has 0 fully saturated rings. The second-order valence-corrected chi connectivity index (χ2v) is 4.57. The van der Waals surface area contributed by atoms with E-state index in [2.05, 4.69) is 10.6 Å². The molecule has 1 aromatic rings. The maximum Gasteiger partial charge on any atom is 0.262 e. The van der Waals surface area contributed by atoms with E-state index in [0.717, 1.165) is 5.56 Å². The molecule has 0 saturated carbocycles. The number of benzene rings is 1. The summed E-state index contributed by atoms with van der Waals surface area (Å²) in [6.45, 7) is 3.87. The van der Waals surface area contributed by atoms with Gasteiger partial charge in [0, 0.05) is 6.04 Å². The number of carbonyl (C=O) groups excluding carboxylic acids is 2. The number of anilines is 1. The number of carbonyl (C=O) groups is 2. The molecule has 5 nitrogen and oxygen atoms in total. The van der Waals surface area contributed by atoms with Gasteiger partial charge in [0.15, 0.2) is 6.61 Å². The highest BCUT2D eigenvalue weighted by Gasteiger charge is 2.16. The van der Waals surface area contributed by atoms with Gasteiger partial charge in [-0.25, -0.2) is 0 Å². The zero-order chi connectivity index (χ0) is 13.1. The van der Waals surface area contributed by atoms with Crippen molar-refractivity contribution in [3.05, 3.63) is 23.8 Å². The topological polar surface area (TPSA) is 67.4 Å². The summed E-state index contributed by atoms with van der Waals surface area (Å²) in [7, 11) is 0. The van der Waals surface area contributed by atoms with Crippen molar-refractivity contribution in [3.63, 3.8) is 0 Å². The van der Waals surface area contributed by atoms with Crippen molar-refractivity contribution in [3.8, 4) is 5.75 Å². The van der Waals surface area contributed by atoms with E-state index in [9.17, 15) is 9.59 Å². The summed E-state index contributed by atoms with van der Waals surface area (Å²) in [6.07, 6.45) is 0.293. The molecule has 0 bridgehead atoms. The van der Waals surface area contributed by atoms with E-state index in [0.29, 0.717) is 17.9 Å². The molecule has 1 aliphatic rings. The molecule has 0 aromatic heterocycles. The number of hydrogen-bond acceptors (Lipinski definition) is 3. The minimum Gasteiger partial charge on any atom is -0.482 e. The Kier molecular flexibility index (Phi) is 3.50. The van der Waals surface area contributed by atoms with Gasteiger partial charge in [0.1, 0.15) is 5.75 Å². The van der Waals surface area contributed by atoms with Crippen molar-refractivity contribution >= 4 is 17.5 Å². The highest BCUT2D eigenvalue weighted by atomic mass is 16.5. The van der Waals surface area contributed by atoms with E-state index in [4.69, 9.17) is 4.74 Å². The minimum absolute atomic E-state index is 0.0343. The summed E-state index contributed by atoms with van der Waals surface area (Å²) < 4.78 is 5.25. The quantitative estimate of drug-likeness (QED) is 0.841. The first kappa shape index (κ1) is 12.4. The first-order valence-electron chi connectivity index (χ1n) is 5.89. The lowest BCUT2D eigenvalue weighted by atomic mass is 10.1. The van der Waals surface area contributed by atoms with Crippen LogP contribution in [0.2, 0.25) is 0 Å². The molecule has 0 unspecified atom stereocenters. The smallest absolute Gasteiger partial charge is 0.262 e. The van der Waals surface area contributed by atoms with Crippen LogP contribution in [0.5, 0.6) is 5.75 Å². The second kappa shape index (κ2) is 5.08. The zero-order valence-electron chi connectivity index (χ0n) is 10.4. The van der Waals surface area contributed by atoms with E-state index in [1.54, 1.807) is 12.1 Å². The maximum absolute atomic E-state index is 11.6. The molecule has 1 aromatic carbocycles. The molecule has 0 radical (unpaired) electrons. The fourth-order valence-corrected chi connectivity index (χ4v) is 1.80. The molecule has 5 heteroatoms. The summed E-state index contributed by atoms with van der Waals surface area (Å²) in [4.78, 5) is 22.8. The fourth-order valence-electron chi connectivity index (χ4n) is 1.80. The van der Waals surface area contributed by atoms with Crippen LogP contribution >= 0.6 is 0 Å². The summed E-state index contributed by atoms with van der Waals surface area (Å²) in [6, 6.07) is 5.49. The van der Waals surface area contributed by atoms with E-state index in [1.807, 2.05) is 19.9 Å². The van der Waals surface area contributed by atoms with Crippen LogP contribution in [-0.2, 0) is 16.0 Å². The van der Waals surface area contributed by atoms with Gasteiger partial charge in [-0.2, -0.15) is 0 Å². The van der Waals surface area contributed by atoms with Crippen LogP contribution in [-0.4, -0.2) is 24.5 Å². The van der Waals surface area contributed by atoms with E-state index in [1.165, 1.54) is 0 Å². The molecule has 1 aliphatic heterocycles. The monoisotopic (exact) mass is 248 g/mol. The summed E-state index contributed by atoms with van der Waals surface area (Å²) in [5.74, 6) is 0.432. The van der Waals surface area contributed by atoms with Gasteiger partial charge in [0.2, 0.25) is 5.91 Å². The molecule has 96 valence electrons. The molecule has 18 heavy (non-hydrogen) atoms. The standard InChI is InChI=1S/C13H16N2O3/c1-8(2)14-12(16)6-9-3-4-11-10(5-9)15-13(17)7-18-11/h3-5,8H,6-7H2,1-2H3,(H,14,16)(H,15,17). The third kappa shape index (κ3) is 3.00. The third-order valence-corrected chi connectivity index (χ3v) is 2.49. The molecule has 2 amide bonds. The molecule has 0 aliphatic carbocycles. The van der Waals surface area contributed by atoms with Crippen LogP contribution in [0.4, 0.5) is 5.69 Å². The summed E-state index contributed by atoms with van der Waals surface area (Å²) in [5.41, 5.74) is 1.47. The van der Waals surface area contributed by atoms with Gasteiger partial charge < -0.3 is 15.4 Å². The Labute approximate surface area is 106 Å². The predicted molar refractivity (Wildman–Crippen MR) is 67.5 cm³/mol. The number of amides is 2. The molecule has 1 heterocycles. The average Bonchev–Trinajstić information content (AvgIpc) is 2.27. The van der Waals surface area contributed by atoms with Crippen LogP contribution in [0.15, 0.2) is 18.2 Å². The Morgan fingerprint density at radius 1 is 1.50 bits per heavy atom. The van der Waals surface area contributed by atoms with Crippen LogP contribution in [0.3, 0.4) is 0 Å². The van der Waals surface area contributed by atoms with Crippen molar-refractivity contribution < 1.29 is 14.3 Å². The van der Waals surface area contributed by atoms with E-state index in [-0.39, 0.29) is 24.5 Å². The molecule has 0 saturated heterocycles. The normalized spacial score (nSPS) is 13.6. The van der Waals surface area contributed by atoms with Gasteiger partial charge in [-0.3, -0.25) is 9.59 Å².